The summed E-state index contributed by atoms with van der Waals surface area (Å²) >= 11 is 0. The highest BCUT2D eigenvalue weighted by molar-refractivity contribution is 5.47. The highest BCUT2D eigenvalue weighted by atomic mass is 16.1. The smallest absolute Gasteiger partial charge is 0.351 e. The predicted octanol–water partition coefficient (Wildman–Crippen LogP) is 2.46. The number of nitrogens with zero attached hydrogens (tertiary/aromatic N) is 3. The molecule has 0 atom stereocenters. The normalized spacial score (nSPS) is 14.8. The van der Waals surface area contributed by atoms with Crippen LogP contribution in [0.4, 0.5) is 5.95 Å². The lowest BCUT2D eigenvalue weighted by molar-refractivity contribution is 0.442. The molecule has 5 heteroatoms. The van der Waals surface area contributed by atoms with Crippen molar-refractivity contribution >= 4 is 5.95 Å². The van der Waals surface area contributed by atoms with Gasteiger partial charge in [0.05, 0.1) is 5.69 Å². The Kier molecular flexibility index (Phi) is 3.73. The number of hydrogen-bond acceptors (Lipinski definition) is 4. The molecule has 0 amide bonds. The molecule has 0 bridgehead atoms. The Morgan fingerprint density at radius 1 is 1.38 bits per heavy atom. The first-order valence-corrected chi connectivity index (χ1v) is 7.50. The van der Waals surface area contributed by atoms with Crippen LogP contribution < -0.4 is 11.0 Å². The second-order valence-corrected chi connectivity index (χ2v) is 5.54. The van der Waals surface area contributed by atoms with Crippen LogP contribution in [0.3, 0.4) is 0 Å². The van der Waals surface area contributed by atoms with Crippen molar-refractivity contribution in [2.24, 2.45) is 0 Å². The van der Waals surface area contributed by atoms with Crippen LogP contribution in [-0.2, 0) is 6.42 Å². The summed E-state index contributed by atoms with van der Waals surface area (Å²) in [7, 11) is 0. The summed E-state index contributed by atoms with van der Waals surface area (Å²) in [6, 6.07) is 6.47. The lowest BCUT2D eigenvalue weighted by Crippen LogP contribution is -2.31. The molecule has 0 unspecified atom stereocenters. The zero-order chi connectivity index (χ0) is 14.8. The molecule has 110 valence electrons. The Labute approximate surface area is 124 Å². The number of aromatic nitrogens is 3. The maximum Gasteiger partial charge on any atom is 0.356 e. The fraction of sp³-hybridized carbons (Fsp3) is 0.438. The maximum absolute atomic E-state index is 12.3. The van der Waals surface area contributed by atoms with E-state index in [1.54, 1.807) is 10.9 Å². The van der Waals surface area contributed by atoms with Gasteiger partial charge in [0.1, 0.15) is 6.33 Å². The highest BCUT2D eigenvalue weighted by Gasteiger charge is 2.18. The van der Waals surface area contributed by atoms with Gasteiger partial charge in [-0.15, -0.1) is 0 Å². The topological polar surface area (TPSA) is 59.8 Å². The summed E-state index contributed by atoms with van der Waals surface area (Å²) in [5, 5.41) is 3.21. The fourth-order valence-electron chi connectivity index (χ4n) is 2.64. The largest absolute Gasteiger partial charge is 0.356 e. The predicted molar refractivity (Wildman–Crippen MR) is 83.0 cm³/mol. The molecule has 1 aromatic heterocycles. The Hall–Kier alpha value is -2.17. The molecule has 1 aliphatic rings. The summed E-state index contributed by atoms with van der Waals surface area (Å²) in [4.78, 5) is 20.7. The minimum atomic E-state index is -0.282. The minimum absolute atomic E-state index is 0.282. The third-order valence-corrected chi connectivity index (χ3v) is 4.08. The molecular weight excluding hydrogens is 264 g/mol. The van der Waals surface area contributed by atoms with E-state index in [1.165, 1.54) is 6.42 Å². The van der Waals surface area contributed by atoms with Crippen LogP contribution in [-0.4, -0.2) is 20.6 Å². The van der Waals surface area contributed by atoms with Crippen molar-refractivity contribution in [1.29, 1.82) is 0 Å². The van der Waals surface area contributed by atoms with Crippen LogP contribution in [0.2, 0.25) is 0 Å². The van der Waals surface area contributed by atoms with E-state index in [1.807, 2.05) is 25.1 Å². The Bertz CT molecular complexity index is 704. The van der Waals surface area contributed by atoms with E-state index in [0.29, 0.717) is 12.0 Å². The molecule has 0 radical (unpaired) electrons. The van der Waals surface area contributed by atoms with Gasteiger partial charge in [0.25, 0.3) is 0 Å². The molecule has 2 aromatic rings. The van der Waals surface area contributed by atoms with Gasteiger partial charge in [0, 0.05) is 6.04 Å². The van der Waals surface area contributed by atoms with E-state index in [9.17, 15) is 4.79 Å². The number of benzene rings is 1. The van der Waals surface area contributed by atoms with Crippen molar-refractivity contribution in [3.05, 3.63) is 46.1 Å². The van der Waals surface area contributed by atoms with E-state index in [-0.39, 0.29) is 5.69 Å². The second kappa shape index (κ2) is 5.68. The van der Waals surface area contributed by atoms with E-state index in [4.69, 9.17) is 0 Å². The third-order valence-electron chi connectivity index (χ3n) is 4.08. The van der Waals surface area contributed by atoms with Crippen molar-refractivity contribution in [3.8, 4) is 5.69 Å². The number of anilines is 1. The van der Waals surface area contributed by atoms with Crippen molar-refractivity contribution < 1.29 is 0 Å². The summed E-state index contributed by atoms with van der Waals surface area (Å²) in [5.74, 6) is 0.438. The molecule has 0 spiro atoms. The molecule has 1 fully saturated rings. The van der Waals surface area contributed by atoms with Gasteiger partial charge in [-0.1, -0.05) is 25.1 Å². The number of nitrogens with one attached hydrogen (secondary N) is 1. The SMILES string of the molecule is CCc1cccc(C)c1-n1cnc(NC2CCC2)nc1=O. The van der Waals surface area contributed by atoms with Crippen LogP contribution in [0.1, 0.15) is 37.3 Å². The number of aryl methyl sites for hydroxylation is 2. The van der Waals surface area contributed by atoms with Crippen LogP contribution in [0.5, 0.6) is 0 Å². The molecule has 0 saturated heterocycles. The van der Waals surface area contributed by atoms with Gasteiger partial charge < -0.3 is 5.32 Å². The zero-order valence-corrected chi connectivity index (χ0v) is 12.5. The average Bonchev–Trinajstić information content (AvgIpc) is 2.43. The molecule has 21 heavy (non-hydrogen) atoms. The number of rotatable bonds is 4. The van der Waals surface area contributed by atoms with Crippen molar-refractivity contribution in [2.75, 3.05) is 5.32 Å². The Morgan fingerprint density at radius 3 is 2.81 bits per heavy atom. The lowest BCUT2D eigenvalue weighted by Gasteiger charge is -2.26. The van der Waals surface area contributed by atoms with Crippen LogP contribution >= 0.6 is 0 Å². The molecule has 1 aromatic carbocycles. The first kappa shape index (κ1) is 13.8. The number of para-hydroxylation sites is 1. The van der Waals surface area contributed by atoms with E-state index in [0.717, 1.165) is 36.1 Å². The lowest BCUT2D eigenvalue weighted by atomic mass is 9.93. The van der Waals surface area contributed by atoms with Crippen molar-refractivity contribution in [3.63, 3.8) is 0 Å². The van der Waals surface area contributed by atoms with Crippen LogP contribution in [0.25, 0.3) is 5.69 Å². The molecule has 1 heterocycles. The van der Waals surface area contributed by atoms with Crippen molar-refractivity contribution in [1.82, 2.24) is 14.5 Å². The quantitative estimate of drug-likeness (QED) is 0.937. The summed E-state index contributed by atoms with van der Waals surface area (Å²) < 4.78 is 1.54. The second-order valence-electron chi connectivity index (χ2n) is 5.54. The highest BCUT2D eigenvalue weighted by Crippen LogP contribution is 2.21. The van der Waals surface area contributed by atoms with Gasteiger partial charge in [-0.3, -0.25) is 4.57 Å². The first-order valence-electron chi connectivity index (χ1n) is 7.50. The van der Waals surface area contributed by atoms with E-state index < -0.39 is 0 Å². The minimum Gasteiger partial charge on any atom is -0.351 e. The monoisotopic (exact) mass is 284 g/mol. The maximum atomic E-state index is 12.3. The Balaban J connectivity index is 1.98. The molecule has 1 saturated carbocycles. The molecular formula is C16H20N4O. The number of hydrogen-bond donors (Lipinski definition) is 1. The van der Waals surface area contributed by atoms with E-state index in [2.05, 4.69) is 22.2 Å². The Morgan fingerprint density at radius 2 is 2.19 bits per heavy atom. The molecule has 3 rings (SSSR count). The molecule has 1 N–H and O–H groups in total. The summed E-state index contributed by atoms with van der Waals surface area (Å²) in [5.41, 5.74) is 2.80. The van der Waals surface area contributed by atoms with Gasteiger partial charge >= 0.3 is 5.69 Å². The fourth-order valence-corrected chi connectivity index (χ4v) is 2.64. The van der Waals surface area contributed by atoms with Crippen LogP contribution in [0.15, 0.2) is 29.3 Å². The molecule has 5 nitrogen and oxygen atoms in total. The third kappa shape index (κ3) is 2.68. The zero-order valence-electron chi connectivity index (χ0n) is 12.5. The summed E-state index contributed by atoms with van der Waals surface area (Å²) in [6.45, 7) is 4.08. The van der Waals surface area contributed by atoms with Gasteiger partial charge in [-0.05, 0) is 43.7 Å². The van der Waals surface area contributed by atoms with Crippen LogP contribution in [0, 0.1) is 6.92 Å². The van der Waals surface area contributed by atoms with E-state index >= 15 is 0 Å². The van der Waals surface area contributed by atoms with Gasteiger partial charge in [-0.2, -0.15) is 4.98 Å². The average molecular weight is 284 g/mol. The van der Waals surface area contributed by atoms with Crippen molar-refractivity contribution in [2.45, 2.75) is 45.6 Å². The van der Waals surface area contributed by atoms with Gasteiger partial charge in [0.15, 0.2) is 0 Å². The first-order chi connectivity index (χ1) is 10.2. The van der Waals surface area contributed by atoms with Gasteiger partial charge in [-0.25, -0.2) is 9.78 Å². The summed E-state index contributed by atoms with van der Waals surface area (Å²) in [6.07, 6.45) is 5.94. The molecule has 1 aliphatic carbocycles. The molecule has 0 aliphatic heterocycles. The van der Waals surface area contributed by atoms with Gasteiger partial charge in [0.2, 0.25) is 5.95 Å². The standard InChI is InChI=1S/C16H20N4O/c1-3-12-7-4-6-11(2)14(12)20-10-17-15(19-16(20)21)18-13-8-5-9-13/h4,6-7,10,13H,3,5,8-9H2,1-2H3,(H,18,19,21).